The van der Waals surface area contributed by atoms with Gasteiger partial charge in [-0.3, -0.25) is 4.68 Å². The van der Waals surface area contributed by atoms with Gasteiger partial charge in [0.2, 0.25) is 0 Å². The SMILES string of the molecule is Cc1ccccc1CCC(O)c1cnn(C)c1. The van der Waals surface area contributed by atoms with E-state index >= 15 is 0 Å². The number of aliphatic hydroxyl groups is 1. The van der Waals surface area contributed by atoms with Crippen molar-refractivity contribution < 1.29 is 5.11 Å². The van der Waals surface area contributed by atoms with Crippen molar-refractivity contribution in [2.75, 3.05) is 0 Å². The van der Waals surface area contributed by atoms with Gasteiger partial charge in [-0.15, -0.1) is 0 Å². The fourth-order valence-electron chi connectivity index (χ4n) is 1.96. The minimum atomic E-state index is -0.427. The summed E-state index contributed by atoms with van der Waals surface area (Å²) in [4.78, 5) is 0. The third-order valence-corrected chi connectivity index (χ3v) is 3.06. The molecule has 0 aliphatic rings. The molecule has 3 heteroatoms. The standard InChI is InChI=1S/C14H18N2O/c1-11-5-3-4-6-12(11)7-8-14(17)13-9-15-16(2)10-13/h3-6,9-10,14,17H,7-8H2,1-2H3. The van der Waals surface area contributed by atoms with Crippen LogP contribution < -0.4 is 0 Å². The van der Waals surface area contributed by atoms with Gasteiger partial charge < -0.3 is 5.11 Å². The van der Waals surface area contributed by atoms with Crippen LogP contribution in [-0.4, -0.2) is 14.9 Å². The van der Waals surface area contributed by atoms with Crippen molar-refractivity contribution in [1.82, 2.24) is 9.78 Å². The summed E-state index contributed by atoms with van der Waals surface area (Å²) in [5.41, 5.74) is 3.47. The summed E-state index contributed by atoms with van der Waals surface area (Å²) < 4.78 is 1.71. The first-order chi connectivity index (χ1) is 8.16. The van der Waals surface area contributed by atoms with Crippen LogP contribution in [0.5, 0.6) is 0 Å². The van der Waals surface area contributed by atoms with Crippen molar-refractivity contribution in [3.8, 4) is 0 Å². The lowest BCUT2D eigenvalue weighted by atomic mass is 10.0. The van der Waals surface area contributed by atoms with Gasteiger partial charge in [-0.2, -0.15) is 5.10 Å². The Labute approximate surface area is 102 Å². The largest absolute Gasteiger partial charge is 0.388 e. The monoisotopic (exact) mass is 230 g/mol. The lowest BCUT2D eigenvalue weighted by molar-refractivity contribution is 0.167. The molecule has 0 saturated carbocycles. The van der Waals surface area contributed by atoms with E-state index < -0.39 is 6.10 Å². The van der Waals surface area contributed by atoms with E-state index in [0.29, 0.717) is 0 Å². The fraction of sp³-hybridized carbons (Fsp3) is 0.357. The number of hydrogen-bond donors (Lipinski definition) is 1. The normalized spacial score (nSPS) is 12.6. The van der Waals surface area contributed by atoms with Crippen molar-refractivity contribution in [1.29, 1.82) is 0 Å². The predicted molar refractivity (Wildman–Crippen MR) is 67.7 cm³/mol. The Morgan fingerprint density at radius 1 is 1.35 bits per heavy atom. The second-order valence-electron chi connectivity index (χ2n) is 4.43. The van der Waals surface area contributed by atoms with Crippen molar-refractivity contribution in [3.05, 3.63) is 53.3 Å². The molecule has 0 saturated heterocycles. The van der Waals surface area contributed by atoms with Crippen LogP contribution >= 0.6 is 0 Å². The van der Waals surface area contributed by atoms with E-state index in [9.17, 15) is 5.11 Å². The third kappa shape index (κ3) is 2.94. The van der Waals surface area contributed by atoms with E-state index in [2.05, 4.69) is 24.2 Å². The molecule has 0 aliphatic heterocycles. The van der Waals surface area contributed by atoms with E-state index in [0.717, 1.165) is 18.4 Å². The Morgan fingerprint density at radius 3 is 2.76 bits per heavy atom. The van der Waals surface area contributed by atoms with Crippen LogP contribution in [0.2, 0.25) is 0 Å². The highest BCUT2D eigenvalue weighted by Gasteiger charge is 2.10. The zero-order chi connectivity index (χ0) is 12.3. The maximum atomic E-state index is 10.0. The van der Waals surface area contributed by atoms with E-state index in [1.54, 1.807) is 10.9 Å². The van der Waals surface area contributed by atoms with Crippen LogP contribution in [0, 0.1) is 6.92 Å². The quantitative estimate of drug-likeness (QED) is 0.875. The second-order valence-corrected chi connectivity index (χ2v) is 4.43. The van der Waals surface area contributed by atoms with Crippen LogP contribution in [0.1, 0.15) is 29.2 Å². The van der Waals surface area contributed by atoms with Crippen molar-refractivity contribution >= 4 is 0 Å². The summed E-state index contributed by atoms with van der Waals surface area (Å²) in [7, 11) is 1.86. The van der Waals surface area contributed by atoms with Gasteiger partial charge in [0.1, 0.15) is 0 Å². The number of hydrogen-bond acceptors (Lipinski definition) is 2. The number of aliphatic hydroxyl groups excluding tert-OH is 1. The Morgan fingerprint density at radius 2 is 2.12 bits per heavy atom. The van der Waals surface area contributed by atoms with E-state index in [4.69, 9.17) is 0 Å². The molecule has 0 bridgehead atoms. The first kappa shape index (κ1) is 11.9. The summed E-state index contributed by atoms with van der Waals surface area (Å²) in [6, 6.07) is 8.30. The molecule has 17 heavy (non-hydrogen) atoms. The van der Waals surface area contributed by atoms with Crippen LogP contribution in [0.3, 0.4) is 0 Å². The maximum absolute atomic E-state index is 10.0. The molecular weight excluding hydrogens is 212 g/mol. The van der Waals surface area contributed by atoms with Crippen LogP contribution in [-0.2, 0) is 13.5 Å². The summed E-state index contributed by atoms with van der Waals surface area (Å²) in [5.74, 6) is 0. The maximum Gasteiger partial charge on any atom is 0.0823 e. The molecular formula is C14H18N2O. The molecule has 1 N–H and O–H groups in total. The number of aromatic nitrogens is 2. The van der Waals surface area contributed by atoms with Gasteiger partial charge in [0.15, 0.2) is 0 Å². The number of aryl methyl sites for hydroxylation is 3. The highest BCUT2D eigenvalue weighted by Crippen LogP contribution is 2.19. The molecule has 2 aromatic rings. The molecule has 3 nitrogen and oxygen atoms in total. The van der Waals surface area contributed by atoms with Crippen LogP contribution in [0.4, 0.5) is 0 Å². The molecule has 0 amide bonds. The average Bonchev–Trinajstić information content (AvgIpc) is 2.74. The summed E-state index contributed by atoms with van der Waals surface area (Å²) >= 11 is 0. The number of nitrogens with zero attached hydrogens (tertiary/aromatic N) is 2. The van der Waals surface area contributed by atoms with Crippen molar-refractivity contribution in [2.45, 2.75) is 25.9 Å². The minimum Gasteiger partial charge on any atom is -0.388 e. The van der Waals surface area contributed by atoms with Gasteiger partial charge in [0.25, 0.3) is 0 Å². The average molecular weight is 230 g/mol. The van der Waals surface area contributed by atoms with Gasteiger partial charge in [0, 0.05) is 18.8 Å². The topological polar surface area (TPSA) is 38.1 Å². The van der Waals surface area contributed by atoms with E-state index in [-0.39, 0.29) is 0 Å². The second kappa shape index (κ2) is 5.15. The molecule has 1 aromatic carbocycles. The van der Waals surface area contributed by atoms with Crippen molar-refractivity contribution in [3.63, 3.8) is 0 Å². The number of benzene rings is 1. The van der Waals surface area contributed by atoms with Gasteiger partial charge in [-0.1, -0.05) is 24.3 Å². The van der Waals surface area contributed by atoms with Crippen LogP contribution in [0.25, 0.3) is 0 Å². The third-order valence-electron chi connectivity index (χ3n) is 3.06. The summed E-state index contributed by atoms with van der Waals surface area (Å²) in [6.45, 7) is 2.10. The van der Waals surface area contributed by atoms with E-state index in [1.165, 1.54) is 11.1 Å². The van der Waals surface area contributed by atoms with Crippen LogP contribution in [0.15, 0.2) is 36.7 Å². The van der Waals surface area contributed by atoms with Gasteiger partial charge >= 0.3 is 0 Å². The lowest BCUT2D eigenvalue weighted by Crippen LogP contribution is -1.99. The Bertz CT molecular complexity index is 490. The highest BCUT2D eigenvalue weighted by atomic mass is 16.3. The minimum absolute atomic E-state index is 0.427. The Balaban J connectivity index is 1.97. The molecule has 1 aromatic heterocycles. The molecule has 0 spiro atoms. The highest BCUT2D eigenvalue weighted by molar-refractivity contribution is 5.25. The predicted octanol–water partition coefficient (Wildman–Crippen LogP) is 2.39. The molecule has 1 heterocycles. The molecule has 90 valence electrons. The zero-order valence-electron chi connectivity index (χ0n) is 10.3. The first-order valence-electron chi connectivity index (χ1n) is 5.88. The van der Waals surface area contributed by atoms with Crippen molar-refractivity contribution in [2.24, 2.45) is 7.05 Å². The van der Waals surface area contributed by atoms with Gasteiger partial charge in [0.05, 0.1) is 12.3 Å². The Hall–Kier alpha value is -1.61. The molecule has 1 unspecified atom stereocenters. The smallest absolute Gasteiger partial charge is 0.0823 e. The first-order valence-corrected chi connectivity index (χ1v) is 5.88. The lowest BCUT2D eigenvalue weighted by Gasteiger charge is -2.09. The fourth-order valence-corrected chi connectivity index (χ4v) is 1.96. The van der Waals surface area contributed by atoms with Gasteiger partial charge in [-0.25, -0.2) is 0 Å². The number of rotatable bonds is 4. The molecule has 0 fully saturated rings. The molecule has 1 atom stereocenters. The van der Waals surface area contributed by atoms with E-state index in [1.807, 2.05) is 25.4 Å². The summed E-state index contributed by atoms with van der Waals surface area (Å²) in [5, 5.41) is 14.1. The van der Waals surface area contributed by atoms with Gasteiger partial charge in [-0.05, 0) is 30.9 Å². The molecule has 0 aliphatic carbocycles. The Kier molecular flexibility index (Phi) is 3.59. The summed E-state index contributed by atoms with van der Waals surface area (Å²) in [6.07, 6.45) is 4.79. The molecule has 2 rings (SSSR count). The molecule has 0 radical (unpaired) electrons. The zero-order valence-corrected chi connectivity index (χ0v) is 10.3.